The Labute approximate surface area is 184 Å². The monoisotopic (exact) mass is 432 g/mol. The van der Waals surface area contributed by atoms with Crippen LogP contribution in [0.4, 0.5) is 10.5 Å². The zero-order valence-electron chi connectivity index (χ0n) is 17.3. The molecule has 0 unspecified atom stereocenters. The van der Waals surface area contributed by atoms with Gasteiger partial charge in [0.05, 0.1) is 10.6 Å². The van der Waals surface area contributed by atoms with Crippen LogP contribution in [0, 0.1) is 13.8 Å². The normalized spacial score (nSPS) is 15.1. The van der Waals surface area contributed by atoms with Gasteiger partial charge in [-0.25, -0.2) is 4.90 Å². The average Bonchev–Trinajstić information content (AvgIpc) is 3.17. The average molecular weight is 433 g/mol. The fourth-order valence-electron chi connectivity index (χ4n) is 3.57. The van der Waals surface area contributed by atoms with E-state index in [1.165, 1.54) is 11.8 Å². The molecule has 3 aromatic rings. The number of nitrogens with zero attached hydrogens (tertiary/aromatic N) is 2. The summed E-state index contributed by atoms with van der Waals surface area (Å²) >= 11 is 0.940. The number of rotatable bonds is 4. The Morgan fingerprint density at radius 2 is 1.65 bits per heavy atom. The topological polar surface area (TPSA) is 68.6 Å². The minimum atomic E-state index is -0.368. The summed E-state index contributed by atoms with van der Waals surface area (Å²) in [5.41, 5.74) is 4.24. The number of aromatic nitrogens is 1. The Balaban J connectivity index is 1.65. The number of amides is 2. The van der Waals surface area contributed by atoms with Gasteiger partial charge in [0.1, 0.15) is 5.75 Å². The first-order valence-electron chi connectivity index (χ1n) is 9.66. The SMILES string of the molecule is CC(=O)Oc1ccc(-n2c(C)cc(/C=C3/SC(=O)N(c4ccccc4)C3=O)c2C)cc1. The molecule has 1 saturated heterocycles. The Bertz CT molecular complexity index is 1210. The molecule has 156 valence electrons. The molecule has 0 N–H and O–H groups in total. The van der Waals surface area contributed by atoms with Crippen molar-refractivity contribution in [2.45, 2.75) is 20.8 Å². The van der Waals surface area contributed by atoms with Crippen molar-refractivity contribution in [1.29, 1.82) is 0 Å². The molecule has 1 aromatic heterocycles. The van der Waals surface area contributed by atoms with Gasteiger partial charge in [-0.1, -0.05) is 18.2 Å². The fraction of sp³-hybridized carbons (Fsp3) is 0.125. The van der Waals surface area contributed by atoms with Gasteiger partial charge in [-0.2, -0.15) is 0 Å². The van der Waals surface area contributed by atoms with E-state index in [0.29, 0.717) is 16.3 Å². The summed E-state index contributed by atoms with van der Waals surface area (Å²) in [5, 5.41) is -0.308. The summed E-state index contributed by atoms with van der Waals surface area (Å²) in [6, 6.07) is 18.1. The molecule has 0 radical (unpaired) electrons. The van der Waals surface area contributed by atoms with Crippen LogP contribution in [0.15, 0.2) is 65.6 Å². The van der Waals surface area contributed by atoms with Crippen molar-refractivity contribution < 1.29 is 19.1 Å². The van der Waals surface area contributed by atoms with Crippen molar-refractivity contribution in [3.8, 4) is 11.4 Å². The lowest BCUT2D eigenvalue weighted by Crippen LogP contribution is -2.27. The quantitative estimate of drug-likeness (QED) is 0.320. The van der Waals surface area contributed by atoms with Crippen LogP contribution in [0.3, 0.4) is 0 Å². The van der Waals surface area contributed by atoms with E-state index < -0.39 is 0 Å². The van der Waals surface area contributed by atoms with Crippen LogP contribution in [0.5, 0.6) is 5.75 Å². The number of carbonyl (C=O) groups excluding carboxylic acids is 3. The number of hydrogen-bond donors (Lipinski definition) is 0. The van der Waals surface area contributed by atoms with Crippen molar-refractivity contribution in [1.82, 2.24) is 4.57 Å². The number of benzene rings is 2. The number of thioether (sulfide) groups is 1. The maximum absolute atomic E-state index is 12.9. The second kappa shape index (κ2) is 8.28. The zero-order valence-corrected chi connectivity index (χ0v) is 18.1. The third-order valence-corrected chi connectivity index (χ3v) is 5.79. The van der Waals surface area contributed by atoms with Crippen molar-refractivity contribution in [2.24, 2.45) is 0 Å². The highest BCUT2D eigenvalue weighted by Crippen LogP contribution is 2.36. The predicted octanol–water partition coefficient (Wildman–Crippen LogP) is 5.26. The Hall–Kier alpha value is -3.58. The molecule has 0 spiro atoms. The summed E-state index contributed by atoms with van der Waals surface area (Å²) < 4.78 is 7.14. The second-order valence-electron chi connectivity index (χ2n) is 7.10. The van der Waals surface area contributed by atoms with E-state index in [2.05, 4.69) is 0 Å². The number of imide groups is 1. The van der Waals surface area contributed by atoms with Crippen LogP contribution in [0.2, 0.25) is 0 Å². The van der Waals surface area contributed by atoms with Crippen molar-refractivity contribution in [2.75, 3.05) is 4.90 Å². The second-order valence-corrected chi connectivity index (χ2v) is 8.10. The van der Waals surface area contributed by atoms with Crippen molar-refractivity contribution in [3.05, 3.63) is 82.5 Å². The van der Waals surface area contributed by atoms with E-state index in [9.17, 15) is 14.4 Å². The number of ether oxygens (including phenoxy) is 1. The predicted molar refractivity (Wildman–Crippen MR) is 121 cm³/mol. The summed E-state index contributed by atoms with van der Waals surface area (Å²) in [6.45, 7) is 5.29. The standard InChI is InChI=1S/C24H20N2O4S/c1-15-13-18(16(2)25(15)20-9-11-21(12-10-20)30-17(3)27)14-22-23(28)26(24(29)31-22)19-7-5-4-6-8-19/h4-14H,1-3H3/b22-14+. The Kier molecular flexibility index (Phi) is 5.52. The van der Waals surface area contributed by atoms with Gasteiger partial charge < -0.3 is 9.30 Å². The highest BCUT2D eigenvalue weighted by atomic mass is 32.2. The molecule has 4 rings (SSSR count). The summed E-state index contributed by atoms with van der Waals surface area (Å²) in [6.07, 6.45) is 1.76. The number of hydrogen-bond acceptors (Lipinski definition) is 5. The maximum Gasteiger partial charge on any atom is 0.308 e. The van der Waals surface area contributed by atoms with E-state index in [1.54, 1.807) is 42.5 Å². The van der Waals surface area contributed by atoms with Gasteiger partial charge in [0, 0.05) is 24.0 Å². The van der Waals surface area contributed by atoms with Crippen molar-refractivity contribution >= 4 is 40.6 Å². The first-order valence-corrected chi connectivity index (χ1v) is 10.5. The number of para-hydroxylation sites is 1. The molecule has 0 bridgehead atoms. The molecule has 7 heteroatoms. The molecule has 1 aliphatic heterocycles. The molecular formula is C24H20N2O4S. The number of anilines is 1. The van der Waals surface area contributed by atoms with Gasteiger partial charge >= 0.3 is 5.97 Å². The largest absolute Gasteiger partial charge is 0.427 e. The number of carbonyl (C=O) groups is 3. The molecule has 0 saturated carbocycles. The molecule has 0 aliphatic carbocycles. The van der Waals surface area contributed by atoms with E-state index >= 15 is 0 Å². The summed E-state index contributed by atoms with van der Waals surface area (Å²) in [4.78, 5) is 38.0. The van der Waals surface area contributed by atoms with Crippen LogP contribution in [-0.4, -0.2) is 21.7 Å². The molecule has 2 aromatic carbocycles. The van der Waals surface area contributed by atoms with Crippen LogP contribution in [0.1, 0.15) is 23.9 Å². The Morgan fingerprint density at radius 1 is 0.968 bits per heavy atom. The van der Waals surface area contributed by atoms with Crippen LogP contribution < -0.4 is 9.64 Å². The molecule has 2 heterocycles. The van der Waals surface area contributed by atoms with Gasteiger partial charge in [0.2, 0.25) is 0 Å². The molecule has 0 atom stereocenters. The van der Waals surface area contributed by atoms with E-state index in [4.69, 9.17) is 4.74 Å². The third kappa shape index (κ3) is 4.04. The third-order valence-electron chi connectivity index (χ3n) is 4.92. The van der Waals surface area contributed by atoms with E-state index in [1.807, 2.05) is 42.7 Å². The number of aryl methyl sites for hydroxylation is 1. The maximum atomic E-state index is 12.9. The minimum absolute atomic E-state index is 0.308. The lowest BCUT2D eigenvalue weighted by Gasteiger charge is -2.11. The lowest BCUT2D eigenvalue weighted by molar-refractivity contribution is -0.131. The highest BCUT2D eigenvalue weighted by molar-refractivity contribution is 8.19. The fourth-order valence-corrected chi connectivity index (χ4v) is 4.40. The van der Waals surface area contributed by atoms with Crippen LogP contribution >= 0.6 is 11.8 Å². The summed E-state index contributed by atoms with van der Waals surface area (Å²) in [5.74, 6) is -0.210. The van der Waals surface area contributed by atoms with Gasteiger partial charge in [-0.05, 0) is 79.7 Å². The van der Waals surface area contributed by atoms with Gasteiger partial charge in [-0.3, -0.25) is 14.4 Å². The first kappa shape index (κ1) is 20.7. The Morgan fingerprint density at radius 3 is 2.29 bits per heavy atom. The van der Waals surface area contributed by atoms with Gasteiger partial charge in [0.25, 0.3) is 11.1 Å². The minimum Gasteiger partial charge on any atom is -0.427 e. The van der Waals surface area contributed by atoms with Crippen LogP contribution in [-0.2, 0) is 9.59 Å². The first-order chi connectivity index (χ1) is 14.8. The molecular weight excluding hydrogens is 412 g/mol. The highest BCUT2D eigenvalue weighted by Gasteiger charge is 2.36. The molecule has 1 fully saturated rings. The zero-order chi connectivity index (χ0) is 22.1. The van der Waals surface area contributed by atoms with Gasteiger partial charge in [-0.15, -0.1) is 0 Å². The van der Waals surface area contributed by atoms with Crippen molar-refractivity contribution in [3.63, 3.8) is 0 Å². The summed E-state index contributed by atoms with van der Waals surface area (Å²) in [7, 11) is 0. The lowest BCUT2D eigenvalue weighted by atomic mass is 10.2. The van der Waals surface area contributed by atoms with Gasteiger partial charge in [0.15, 0.2) is 0 Å². The molecule has 2 amide bonds. The molecule has 6 nitrogen and oxygen atoms in total. The number of esters is 1. The van der Waals surface area contributed by atoms with Crippen LogP contribution in [0.25, 0.3) is 11.8 Å². The smallest absolute Gasteiger partial charge is 0.308 e. The molecule has 31 heavy (non-hydrogen) atoms. The van der Waals surface area contributed by atoms with E-state index in [0.717, 1.165) is 34.4 Å². The van der Waals surface area contributed by atoms with E-state index in [-0.39, 0.29) is 17.1 Å². The molecule has 1 aliphatic rings.